The van der Waals surface area contributed by atoms with Gasteiger partial charge in [-0.25, -0.2) is 9.07 Å². The van der Waals surface area contributed by atoms with E-state index in [1.807, 2.05) is 0 Å². The zero-order valence-electron chi connectivity index (χ0n) is 21.8. The van der Waals surface area contributed by atoms with Crippen LogP contribution in [0.4, 0.5) is 23.2 Å². The van der Waals surface area contributed by atoms with Gasteiger partial charge in [0.1, 0.15) is 22.9 Å². The first kappa shape index (κ1) is 26.8. The molecular weight excluding hydrogens is 544 g/mol. The average Bonchev–Trinajstić information content (AvgIpc) is 3.73. The summed E-state index contributed by atoms with van der Waals surface area (Å²) in [6.07, 6.45) is -0.456. The third-order valence-electron chi connectivity index (χ3n) is 7.95. The molecule has 1 aliphatic carbocycles. The number of carbonyl (C=O) groups excluding carboxylic acids is 2. The molecule has 2 aromatic heterocycles. The lowest BCUT2D eigenvalue weighted by atomic mass is 9.94. The van der Waals surface area contributed by atoms with Crippen LogP contribution in [0, 0.1) is 5.82 Å². The standard InChI is InChI=1S/C28H26F4N6O3/c1-2-25(40)36-7-5-19-26-20(38(35-19)21-10-17(29)15(9-23(21)39)14-3-4-14)6-8-37(22(26)13-36)27(41)16-12-34-24(11-18(16)33)28(30,31)32/h2,9-12,14,22,39H,1,3-8,13H2,(H2,33,34)/t22-/m1/s1. The Morgan fingerprint density at radius 1 is 1.15 bits per heavy atom. The summed E-state index contributed by atoms with van der Waals surface area (Å²) in [5.74, 6) is -1.46. The van der Waals surface area contributed by atoms with E-state index in [0.717, 1.165) is 19.0 Å². The molecule has 2 aliphatic heterocycles. The van der Waals surface area contributed by atoms with E-state index < -0.39 is 29.6 Å². The highest BCUT2D eigenvalue weighted by molar-refractivity contribution is 5.99. The van der Waals surface area contributed by atoms with Crippen molar-refractivity contribution in [2.24, 2.45) is 0 Å². The van der Waals surface area contributed by atoms with Gasteiger partial charge in [-0.15, -0.1) is 0 Å². The van der Waals surface area contributed by atoms with Crippen molar-refractivity contribution in [2.75, 3.05) is 25.4 Å². The number of aromatic hydroxyl groups is 1. The second-order valence-corrected chi connectivity index (χ2v) is 10.5. The Morgan fingerprint density at radius 3 is 2.56 bits per heavy atom. The van der Waals surface area contributed by atoms with Gasteiger partial charge < -0.3 is 20.6 Å². The highest BCUT2D eigenvalue weighted by Crippen LogP contribution is 2.44. The van der Waals surface area contributed by atoms with Crippen LogP contribution in [0.3, 0.4) is 0 Å². The van der Waals surface area contributed by atoms with Crippen LogP contribution in [-0.4, -0.2) is 61.1 Å². The summed E-state index contributed by atoms with van der Waals surface area (Å²) in [6.45, 7) is 3.98. The molecule has 0 spiro atoms. The van der Waals surface area contributed by atoms with Crippen molar-refractivity contribution in [1.82, 2.24) is 24.6 Å². The molecule has 1 saturated carbocycles. The van der Waals surface area contributed by atoms with Gasteiger partial charge in [-0.1, -0.05) is 6.58 Å². The molecule has 4 heterocycles. The molecule has 0 saturated heterocycles. The number of nitrogens with zero attached hydrogens (tertiary/aromatic N) is 5. The summed E-state index contributed by atoms with van der Waals surface area (Å²) in [4.78, 5) is 32.7. The molecule has 3 aromatic rings. The van der Waals surface area contributed by atoms with Crippen molar-refractivity contribution in [3.05, 3.63) is 76.6 Å². The monoisotopic (exact) mass is 570 g/mol. The number of phenols is 1. The number of halogens is 4. The minimum atomic E-state index is -4.73. The predicted octanol–water partition coefficient (Wildman–Crippen LogP) is 3.90. The summed E-state index contributed by atoms with van der Waals surface area (Å²) in [5.41, 5.74) is 6.59. The fraction of sp³-hybridized carbons (Fsp3) is 0.357. The van der Waals surface area contributed by atoms with Gasteiger partial charge in [0.25, 0.3) is 5.91 Å². The summed E-state index contributed by atoms with van der Waals surface area (Å²) in [5, 5.41) is 15.6. The van der Waals surface area contributed by atoms with Crippen LogP contribution in [0.5, 0.6) is 5.75 Å². The van der Waals surface area contributed by atoms with E-state index >= 15 is 4.39 Å². The Balaban J connectivity index is 1.43. The van der Waals surface area contributed by atoms with E-state index in [4.69, 9.17) is 10.8 Å². The number of pyridine rings is 1. The summed E-state index contributed by atoms with van der Waals surface area (Å²) < 4.78 is 55.9. The first-order valence-corrected chi connectivity index (χ1v) is 13.2. The Morgan fingerprint density at radius 2 is 1.90 bits per heavy atom. The molecule has 1 aromatic carbocycles. The van der Waals surface area contributed by atoms with Crippen LogP contribution < -0.4 is 5.73 Å². The number of nitrogen functional groups attached to an aromatic ring is 1. The highest BCUT2D eigenvalue weighted by Gasteiger charge is 2.41. The zero-order valence-corrected chi connectivity index (χ0v) is 21.8. The third-order valence-corrected chi connectivity index (χ3v) is 7.95. The first-order valence-electron chi connectivity index (χ1n) is 13.2. The molecule has 6 rings (SSSR count). The van der Waals surface area contributed by atoms with Gasteiger partial charge in [0, 0.05) is 56.0 Å². The van der Waals surface area contributed by atoms with E-state index in [2.05, 4.69) is 11.6 Å². The van der Waals surface area contributed by atoms with Crippen LogP contribution in [0.25, 0.3) is 5.69 Å². The largest absolute Gasteiger partial charge is 0.506 e. The van der Waals surface area contributed by atoms with Gasteiger partial charge in [0.15, 0.2) is 0 Å². The molecule has 0 unspecified atom stereocenters. The van der Waals surface area contributed by atoms with E-state index in [1.54, 1.807) is 0 Å². The topological polar surface area (TPSA) is 118 Å². The van der Waals surface area contributed by atoms with Crippen LogP contribution in [0.15, 0.2) is 37.1 Å². The van der Waals surface area contributed by atoms with E-state index in [9.17, 15) is 27.9 Å². The number of nitrogens with two attached hydrogens (primary N) is 1. The van der Waals surface area contributed by atoms with Gasteiger partial charge in [-0.3, -0.25) is 14.6 Å². The Bertz CT molecular complexity index is 1600. The molecule has 9 nitrogen and oxygen atoms in total. The van der Waals surface area contributed by atoms with Crippen LogP contribution in [0.2, 0.25) is 0 Å². The number of phenolic OH excluding ortho intramolecular Hbond substituents is 1. The lowest BCUT2D eigenvalue weighted by molar-refractivity contribution is -0.141. The number of benzene rings is 1. The van der Waals surface area contributed by atoms with Gasteiger partial charge in [-0.05, 0) is 42.5 Å². The van der Waals surface area contributed by atoms with Gasteiger partial charge in [-0.2, -0.15) is 18.3 Å². The van der Waals surface area contributed by atoms with Gasteiger partial charge in [0.05, 0.1) is 23.0 Å². The normalized spacial score (nSPS) is 18.6. The lowest BCUT2D eigenvalue weighted by Gasteiger charge is -2.38. The molecule has 1 fully saturated rings. The molecule has 13 heteroatoms. The average molecular weight is 571 g/mol. The number of amides is 2. The number of anilines is 1. The summed E-state index contributed by atoms with van der Waals surface area (Å²) >= 11 is 0. The van der Waals surface area contributed by atoms with E-state index in [-0.39, 0.29) is 60.6 Å². The molecule has 0 bridgehead atoms. The van der Waals surface area contributed by atoms with Crippen LogP contribution in [-0.2, 0) is 23.8 Å². The highest BCUT2D eigenvalue weighted by atomic mass is 19.4. The van der Waals surface area contributed by atoms with E-state index in [0.29, 0.717) is 35.0 Å². The minimum absolute atomic E-state index is 0.0667. The quantitative estimate of drug-likeness (QED) is 0.363. The molecular formula is C28H26F4N6O3. The second-order valence-electron chi connectivity index (χ2n) is 10.5. The lowest BCUT2D eigenvalue weighted by Crippen LogP contribution is -2.46. The molecule has 214 valence electrons. The van der Waals surface area contributed by atoms with Crippen LogP contribution in [0.1, 0.15) is 63.4 Å². The number of hydrogen-bond donors (Lipinski definition) is 2. The molecule has 2 amide bonds. The molecule has 1 atom stereocenters. The maximum absolute atomic E-state index is 15.0. The maximum Gasteiger partial charge on any atom is 0.433 e. The fourth-order valence-electron chi connectivity index (χ4n) is 5.77. The Kier molecular flexibility index (Phi) is 6.27. The zero-order chi connectivity index (χ0) is 29.2. The number of hydrogen-bond acceptors (Lipinski definition) is 6. The number of aromatic nitrogens is 3. The third kappa shape index (κ3) is 4.58. The minimum Gasteiger partial charge on any atom is -0.506 e. The number of rotatable bonds is 4. The van der Waals surface area contributed by atoms with E-state index in [1.165, 1.54) is 32.7 Å². The summed E-state index contributed by atoms with van der Waals surface area (Å²) in [6, 6.07) is 2.58. The van der Waals surface area contributed by atoms with Crippen molar-refractivity contribution in [1.29, 1.82) is 0 Å². The Hall–Kier alpha value is -4.42. The first-order chi connectivity index (χ1) is 19.5. The SMILES string of the molecule is C=CC(=O)N1CCc2nn(-c3cc(F)c(C4CC4)cc3O)c3c2[C@@H](C1)N(C(=O)c1cnc(C(F)(F)F)cc1N)CC3. The molecule has 41 heavy (non-hydrogen) atoms. The summed E-state index contributed by atoms with van der Waals surface area (Å²) in [7, 11) is 0. The number of carbonyl (C=O) groups is 2. The van der Waals surface area contributed by atoms with Crippen molar-refractivity contribution in [2.45, 2.75) is 43.8 Å². The fourth-order valence-corrected chi connectivity index (χ4v) is 5.77. The van der Waals surface area contributed by atoms with Crippen molar-refractivity contribution in [3.8, 4) is 11.4 Å². The molecule has 0 radical (unpaired) electrons. The molecule has 3 aliphatic rings. The van der Waals surface area contributed by atoms with Crippen molar-refractivity contribution in [3.63, 3.8) is 0 Å². The second kappa shape index (κ2) is 9.60. The molecule has 3 N–H and O–H groups in total. The van der Waals surface area contributed by atoms with Gasteiger partial charge >= 0.3 is 6.18 Å². The van der Waals surface area contributed by atoms with Crippen LogP contribution >= 0.6 is 0 Å². The number of alkyl halides is 3. The van der Waals surface area contributed by atoms with Crippen molar-refractivity contribution < 1.29 is 32.3 Å². The smallest absolute Gasteiger partial charge is 0.433 e. The predicted molar refractivity (Wildman–Crippen MR) is 139 cm³/mol. The van der Waals surface area contributed by atoms with Gasteiger partial charge in [0.2, 0.25) is 5.91 Å². The van der Waals surface area contributed by atoms with Crippen molar-refractivity contribution >= 4 is 17.5 Å². The Labute approximate surface area is 231 Å². The maximum atomic E-state index is 15.0.